The highest BCUT2D eigenvalue weighted by Gasteiger charge is 2.40. The van der Waals surface area contributed by atoms with Gasteiger partial charge >= 0.3 is 5.92 Å². The van der Waals surface area contributed by atoms with Crippen LogP contribution in [0.2, 0.25) is 0 Å². The molecule has 10 heteroatoms. The minimum absolute atomic E-state index is 0.147. The number of nitrogens with zero attached hydrogens (tertiary/aromatic N) is 4. The van der Waals surface area contributed by atoms with Crippen molar-refractivity contribution in [2.45, 2.75) is 5.92 Å². The molecular weight excluding hydrogens is 373 g/mol. The average Bonchev–Trinajstić information content (AvgIpc) is 3.16. The van der Waals surface area contributed by atoms with E-state index < -0.39 is 23.3 Å². The summed E-state index contributed by atoms with van der Waals surface area (Å²) in [7, 11) is 1.45. The zero-order chi connectivity index (χ0) is 19.7. The highest BCUT2D eigenvalue weighted by Crippen LogP contribution is 2.35. The van der Waals surface area contributed by atoms with E-state index in [9.17, 15) is 13.2 Å². The second-order valence-corrected chi connectivity index (χ2v) is 5.80. The summed E-state index contributed by atoms with van der Waals surface area (Å²) < 4.78 is 47.9. The molecule has 7 nitrogen and oxygen atoms in total. The van der Waals surface area contributed by atoms with Crippen molar-refractivity contribution in [2.75, 3.05) is 12.4 Å². The molecule has 0 amide bonds. The molecule has 0 saturated heterocycles. The number of anilines is 2. The largest absolute Gasteiger partial charge is 0.480 e. The lowest BCUT2D eigenvalue weighted by Gasteiger charge is -2.16. The number of aromatic nitrogens is 5. The molecule has 4 rings (SSSR count). The van der Waals surface area contributed by atoms with Crippen molar-refractivity contribution in [2.24, 2.45) is 0 Å². The Bertz CT molecular complexity index is 1130. The number of fused-ring (bicyclic) bond motifs is 1. The number of nitrogens with one attached hydrogen (secondary N) is 2. The summed E-state index contributed by atoms with van der Waals surface area (Å²) >= 11 is 0. The van der Waals surface area contributed by atoms with Crippen LogP contribution in [-0.2, 0) is 5.92 Å². The summed E-state index contributed by atoms with van der Waals surface area (Å²) in [6.45, 7) is 0. The van der Waals surface area contributed by atoms with Crippen molar-refractivity contribution in [1.82, 2.24) is 25.1 Å². The van der Waals surface area contributed by atoms with Crippen LogP contribution in [0.4, 0.5) is 24.8 Å². The van der Waals surface area contributed by atoms with Crippen molar-refractivity contribution in [3.63, 3.8) is 0 Å². The van der Waals surface area contributed by atoms with Gasteiger partial charge in [0.05, 0.1) is 18.8 Å². The number of para-hydroxylation sites is 1. The summed E-state index contributed by atoms with van der Waals surface area (Å²) in [6, 6.07) is 10.1. The predicted octanol–water partition coefficient (Wildman–Crippen LogP) is 3.78. The Labute approximate surface area is 156 Å². The molecule has 0 aliphatic heterocycles. The highest BCUT2D eigenvalue weighted by atomic mass is 19.3. The number of hydrogen-bond acceptors (Lipinski definition) is 6. The van der Waals surface area contributed by atoms with Crippen molar-refractivity contribution >= 4 is 22.5 Å². The fraction of sp³-hybridized carbons (Fsp3) is 0.111. The first-order chi connectivity index (χ1) is 13.5. The van der Waals surface area contributed by atoms with Gasteiger partial charge in [0.15, 0.2) is 0 Å². The van der Waals surface area contributed by atoms with Gasteiger partial charge in [-0.3, -0.25) is 10.1 Å². The number of aromatic amines is 1. The second-order valence-electron chi connectivity index (χ2n) is 5.80. The number of halogens is 3. The van der Waals surface area contributed by atoms with E-state index in [1.54, 1.807) is 30.3 Å². The number of pyridine rings is 1. The molecule has 0 fully saturated rings. The molecular formula is C18H13F3N6O. The third kappa shape index (κ3) is 3.20. The van der Waals surface area contributed by atoms with Gasteiger partial charge in [-0.2, -0.15) is 8.78 Å². The van der Waals surface area contributed by atoms with Crippen molar-refractivity contribution in [3.05, 3.63) is 66.0 Å². The van der Waals surface area contributed by atoms with E-state index in [1.807, 2.05) is 0 Å². The maximum Gasteiger partial charge on any atom is 0.348 e. The number of rotatable bonds is 5. The van der Waals surface area contributed by atoms with E-state index in [2.05, 4.69) is 30.5 Å². The molecule has 0 aliphatic rings. The average molecular weight is 386 g/mol. The second kappa shape index (κ2) is 6.80. The van der Waals surface area contributed by atoms with E-state index in [0.29, 0.717) is 22.6 Å². The summed E-state index contributed by atoms with van der Waals surface area (Å²) in [5.74, 6) is -4.24. The Morgan fingerprint density at radius 3 is 2.64 bits per heavy atom. The number of alkyl halides is 2. The van der Waals surface area contributed by atoms with Gasteiger partial charge in [0.25, 0.3) is 0 Å². The number of ether oxygens (including phenoxy) is 1. The summed E-state index contributed by atoms with van der Waals surface area (Å²) in [4.78, 5) is 11.5. The van der Waals surface area contributed by atoms with E-state index >= 15 is 0 Å². The van der Waals surface area contributed by atoms with Crippen LogP contribution in [0.3, 0.4) is 0 Å². The van der Waals surface area contributed by atoms with Crippen LogP contribution in [0.5, 0.6) is 5.88 Å². The van der Waals surface area contributed by atoms with Crippen LogP contribution in [0.1, 0.15) is 11.5 Å². The first kappa shape index (κ1) is 17.7. The number of methoxy groups -OCH3 is 1. The smallest absolute Gasteiger partial charge is 0.348 e. The number of benzene rings is 1. The molecule has 0 spiro atoms. The quantitative estimate of drug-likeness (QED) is 0.543. The Balaban J connectivity index is 1.82. The minimum Gasteiger partial charge on any atom is -0.480 e. The van der Waals surface area contributed by atoms with Gasteiger partial charge in [-0.05, 0) is 24.3 Å². The Morgan fingerprint density at radius 2 is 1.93 bits per heavy atom. The SMILES string of the molecule is COc1cc(Nc2nc(C(F)(F)c3ccc(F)cn3)nc3ccccc23)[nH]n1. The Morgan fingerprint density at radius 1 is 1.11 bits per heavy atom. The lowest BCUT2D eigenvalue weighted by Crippen LogP contribution is -2.21. The maximum absolute atomic E-state index is 14.9. The van der Waals surface area contributed by atoms with Gasteiger partial charge in [0.1, 0.15) is 23.1 Å². The summed E-state index contributed by atoms with van der Waals surface area (Å²) in [6.07, 6.45) is 0.723. The topological polar surface area (TPSA) is 88.6 Å². The molecule has 0 radical (unpaired) electrons. The van der Waals surface area contributed by atoms with E-state index in [-0.39, 0.29) is 5.82 Å². The van der Waals surface area contributed by atoms with Crippen molar-refractivity contribution in [3.8, 4) is 5.88 Å². The van der Waals surface area contributed by atoms with Crippen LogP contribution in [-0.4, -0.2) is 32.3 Å². The van der Waals surface area contributed by atoms with E-state index in [4.69, 9.17) is 4.74 Å². The molecule has 4 aromatic rings. The van der Waals surface area contributed by atoms with Crippen molar-refractivity contribution in [1.29, 1.82) is 0 Å². The summed E-state index contributed by atoms with van der Waals surface area (Å²) in [5.41, 5.74) is -0.346. The molecule has 0 unspecified atom stereocenters. The van der Waals surface area contributed by atoms with Crippen LogP contribution in [0, 0.1) is 5.82 Å². The highest BCUT2D eigenvalue weighted by molar-refractivity contribution is 5.90. The van der Waals surface area contributed by atoms with Crippen molar-refractivity contribution < 1.29 is 17.9 Å². The van der Waals surface area contributed by atoms with Crippen LogP contribution >= 0.6 is 0 Å². The van der Waals surface area contributed by atoms with Gasteiger partial charge in [-0.1, -0.05) is 12.1 Å². The lowest BCUT2D eigenvalue weighted by atomic mass is 10.1. The molecule has 3 heterocycles. The van der Waals surface area contributed by atoms with Gasteiger partial charge < -0.3 is 10.1 Å². The number of H-pyrrole nitrogens is 1. The van der Waals surface area contributed by atoms with Gasteiger partial charge in [-0.25, -0.2) is 14.4 Å². The third-order valence-corrected chi connectivity index (χ3v) is 3.95. The predicted molar refractivity (Wildman–Crippen MR) is 95.2 cm³/mol. The molecule has 0 saturated carbocycles. The first-order valence-corrected chi connectivity index (χ1v) is 8.11. The molecule has 28 heavy (non-hydrogen) atoms. The van der Waals surface area contributed by atoms with Crippen LogP contribution in [0.25, 0.3) is 10.9 Å². The normalized spacial score (nSPS) is 11.6. The zero-order valence-corrected chi connectivity index (χ0v) is 14.4. The Hall–Kier alpha value is -3.69. The van der Waals surface area contributed by atoms with Crippen LogP contribution < -0.4 is 10.1 Å². The maximum atomic E-state index is 14.9. The van der Waals surface area contributed by atoms with Gasteiger partial charge in [-0.15, -0.1) is 5.10 Å². The molecule has 1 aromatic carbocycles. The standard InChI is InChI=1S/C18H13F3N6O/c1-28-15-8-14(26-27-15)24-16-11-4-2-3-5-12(11)23-17(25-16)18(20,21)13-7-6-10(19)9-22-13/h2-9H,1H3,(H2,23,24,25,26,27). The fourth-order valence-electron chi connectivity index (χ4n) is 2.59. The first-order valence-electron chi connectivity index (χ1n) is 8.11. The van der Waals surface area contributed by atoms with E-state index in [0.717, 1.165) is 18.3 Å². The lowest BCUT2D eigenvalue weighted by molar-refractivity contribution is 0.0285. The van der Waals surface area contributed by atoms with Gasteiger partial charge in [0, 0.05) is 11.5 Å². The number of hydrogen-bond donors (Lipinski definition) is 2. The van der Waals surface area contributed by atoms with Gasteiger partial charge in [0.2, 0.25) is 11.7 Å². The molecule has 2 N–H and O–H groups in total. The zero-order valence-electron chi connectivity index (χ0n) is 14.4. The van der Waals surface area contributed by atoms with E-state index in [1.165, 1.54) is 7.11 Å². The molecule has 3 aromatic heterocycles. The summed E-state index contributed by atoms with van der Waals surface area (Å²) in [5, 5.41) is 10.0. The molecule has 0 aliphatic carbocycles. The minimum atomic E-state index is -3.63. The Kier molecular flexibility index (Phi) is 4.30. The molecule has 142 valence electrons. The fourth-order valence-corrected chi connectivity index (χ4v) is 2.59. The molecule has 0 atom stereocenters. The third-order valence-electron chi connectivity index (χ3n) is 3.95. The monoisotopic (exact) mass is 386 g/mol. The van der Waals surface area contributed by atoms with Crippen LogP contribution in [0.15, 0.2) is 48.7 Å². The molecule has 0 bridgehead atoms.